The van der Waals surface area contributed by atoms with E-state index in [0.717, 1.165) is 6.04 Å². The molecule has 0 spiro atoms. The summed E-state index contributed by atoms with van der Waals surface area (Å²) < 4.78 is 0. The molecule has 0 aromatic carbocycles. The van der Waals surface area contributed by atoms with Crippen LogP contribution in [0.3, 0.4) is 0 Å². The lowest BCUT2D eigenvalue weighted by Gasteiger charge is -2.37. The van der Waals surface area contributed by atoms with Crippen molar-refractivity contribution in [3.8, 4) is 0 Å². The molecule has 1 aromatic rings. The molecule has 16 heavy (non-hydrogen) atoms. The highest BCUT2D eigenvalue weighted by Gasteiger charge is 2.30. The average Bonchev–Trinajstić information content (AvgIpc) is 2.87. The second kappa shape index (κ2) is 4.47. The molecule has 3 heteroatoms. The fourth-order valence-corrected chi connectivity index (χ4v) is 3.92. The lowest BCUT2D eigenvalue weighted by molar-refractivity contribution is 0.100. The molecule has 2 nitrogen and oxygen atoms in total. The van der Waals surface area contributed by atoms with Crippen molar-refractivity contribution >= 4 is 11.3 Å². The maximum absolute atomic E-state index is 2.68. The topological polar surface area (TPSA) is 6.48 Å². The Morgan fingerprint density at radius 1 is 1.31 bits per heavy atom. The third-order valence-corrected chi connectivity index (χ3v) is 4.83. The zero-order valence-corrected chi connectivity index (χ0v) is 10.8. The molecule has 3 heterocycles. The summed E-state index contributed by atoms with van der Waals surface area (Å²) in [7, 11) is 0. The minimum atomic E-state index is 0.856. The number of fused-ring (bicyclic) bond motifs is 1. The van der Waals surface area contributed by atoms with Crippen LogP contribution in [0.1, 0.15) is 22.6 Å². The van der Waals surface area contributed by atoms with Gasteiger partial charge in [-0.3, -0.25) is 9.80 Å². The average molecular weight is 236 g/mol. The first-order valence-corrected chi connectivity index (χ1v) is 7.14. The second-order valence-corrected chi connectivity index (χ2v) is 6.45. The highest BCUT2D eigenvalue weighted by Crippen LogP contribution is 2.24. The van der Waals surface area contributed by atoms with Gasteiger partial charge in [0.05, 0.1) is 0 Å². The van der Waals surface area contributed by atoms with Gasteiger partial charge in [0.1, 0.15) is 0 Å². The molecule has 0 aliphatic carbocycles. The van der Waals surface area contributed by atoms with E-state index in [9.17, 15) is 0 Å². The second-order valence-electron chi connectivity index (χ2n) is 5.08. The summed E-state index contributed by atoms with van der Waals surface area (Å²) in [5.41, 5.74) is 0. The fourth-order valence-electron chi connectivity index (χ4n) is 2.99. The number of piperazine rings is 1. The van der Waals surface area contributed by atoms with Crippen molar-refractivity contribution in [2.45, 2.75) is 32.4 Å². The van der Waals surface area contributed by atoms with E-state index >= 15 is 0 Å². The van der Waals surface area contributed by atoms with Crippen LogP contribution in [-0.2, 0) is 6.54 Å². The first-order valence-electron chi connectivity index (χ1n) is 6.33. The number of hydrogen-bond acceptors (Lipinski definition) is 3. The summed E-state index contributed by atoms with van der Waals surface area (Å²) in [4.78, 5) is 8.28. The highest BCUT2D eigenvalue weighted by molar-refractivity contribution is 7.11. The van der Waals surface area contributed by atoms with Crippen LogP contribution < -0.4 is 0 Å². The predicted octanol–water partition coefficient (Wildman–Crippen LogP) is 2.34. The number of rotatable bonds is 2. The van der Waals surface area contributed by atoms with Gasteiger partial charge < -0.3 is 0 Å². The molecule has 0 amide bonds. The molecule has 0 saturated carbocycles. The molecule has 2 fully saturated rings. The van der Waals surface area contributed by atoms with Gasteiger partial charge in [-0.15, -0.1) is 11.3 Å². The van der Waals surface area contributed by atoms with Gasteiger partial charge >= 0.3 is 0 Å². The van der Waals surface area contributed by atoms with Gasteiger partial charge in [0.15, 0.2) is 0 Å². The van der Waals surface area contributed by atoms with E-state index in [1.807, 2.05) is 11.3 Å². The smallest absolute Gasteiger partial charge is 0.0329 e. The van der Waals surface area contributed by atoms with E-state index in [4.69, 9.17) is 0 Å². The number of aryl methyl sites for hydroxylation is 1. The van der Waals surface area contributed by atoms with Crippen LogP contribution >= 0.6 is 11.3 Å². The van der Waals surface area contributed by atoms with Crippen LogP contribution in [0.25, 0.3) is 0 Å². The van der Waals surface area contributed by atoms with Crippen molar-refractivity contribution in [1.82, 2.24) is 9.80 Å². The van der Waals surface area contributed by atoms with Crippen molar-refractivity contribution in [2.24, 2.45) is 0 Å². The molecule has 2 saturated heterocycles. The standard InChI is InChI=1S/C13H20N2S/c1-11-4-5-13(16-11)10-14-7-8-15-6-2-3-12(15)9-14/h4-5,12H,2-3,6-10H2,1H3. The van der Waals surface area contributed by atoms with Crippen LogP contribution in [0.4, 0.5) is 0 Å². The molecular weight excluding hydrogens is 216 g/mol. The SMILES string of the molecule is Cc1ccc(CN2CCN3CCCC3C2)s1. The number of thiophene rings is 1. The molecule has 0 N–H and O–H groups in total. The molecule has 88 valence electrons. The van der Waals surface area contributed by atoms with Gasteiger partial charge in [-0.1, -0.05) is 0 Å². The molecule has 1 atom stereocenters. The summed E-state index contributed by atoms with van der Waals surface area (Å²) in [6.07, 6.45) is 2.83. The van der Waals surface area contributed by atoms with E-state index in [0.29, 0.717) is 0 Å². The van der Waals surface area contributed by atoms with Crippen LogP contribution in [-0.4, -0.2) is 42.0 Å². The Hall–Kier alpha value is -0.380. The Bertz CT molecular complexity index is 361. The molecule has 1 aromatic heterocycles. The van der Waals surface area contributed by atoms with Gasteiger partial charge in [-0.2, -0.15) is 0 Å². The molecule has 2 aliphatic rings. The Morgan fingerprint density at radius 3 is 3.06 bits per heavy atom. The first kappa shape index (κ1) is 10.8. The molecule has 1 unspecified atom stereocenters. The minimum absolute atomic E-state index is 0.856. The van der Waals surface area contributed by atoms with Gasteiger partial charge in [-0.05, 0) is 38.4 Å². The van der Waals surface area contributed by atoms with Crippen molar-refractivity contribution < 1.29 is 0 Å². The van der Waals surface area contributed by atoms with Gasteiger partial charge in [0, 0.05) is 42.0 Å². The van der Waals surface area contributed by atoms with Gasteiger partial charge in [0.25, 0.3) is 0 Å². The summed E-state index contributed by atoms with van der Waals surface area (Å²) in [6.45, 7) is 8.54. The Morgan fingerprint density at radius 2 is 2.25 bits per heavy atom. The normalized spacial score (nSPS) is 27.2. The van der Waals surface area contributed by atoms with Crippen molar-refractivity contribution in [3.05, 3.63) is 21.9 Å². The van der Waals surface area contributed by atoms with Crippen LogP contribution in [0.2, 0.25) is 0 Å². The molecular formula is C13H20N2S. The predicted molar refractivity (Wildman–Crippen MR) is 68.9 cm³/mol. The number of nitrogens with zero attached hydrogens (tertiary/aromatic N) is 2. The van der Waals surface area contributed by atoms with E-state index in [-0.39, 0.29) is 0 Å². The first-order chi connectivity index (χ1) is 7.81. The summed E-state index contributed by atoms with van der Waals surface area (Å²) in [5, 5.41) is 0. The molecule has 3 rings (SSSR count). The quantitative estimate of drug-likeness (QED) is 0.777. The van der Waals surface area contributed by atoms with E-state index in [1.54, 1.807) is 0 Å². The Labute approximate surface area is 102 Å². The molecule has 0 radical (unpaired) electrons. The third-order valence-electron chi connectivity index (χ3n) is 3.85. The zero-order chi connectivity index (χ0) is 11.0. The highest BCUT2D eigenvalue weighted by atomic mass is 32.1. The Balaban J connectivity index is 1.60. The lowest BCUT2D eigenvalue weighted by Crippen LogP contribution is -2.49. The lowest BCUT2D eigenvalue weighted by atomic mass is 10.1. The van der Waals surface area contributed by atoms with Crippen LogP contribution in [0, 0.1) is 6.92 Å². The van der Waals surface area contributed by atoms with E-state index in [2.05, 4.69) is 28.9 Å². The molecule has 2 aliphatic heterocycles. The van der Waals surface area contributed by atoms with Gasteiger partial charge in [0.2, 0.25) is 0 Å². The maximum atomic E-state index is 2.68. The van der Waals surface area contributed by atoms with Crippen molar-refractivity contribution in [3.63, 3.8) is 0 Å². The Kier molecular flexibility index (Phi) is 3.01. The summed E-state index contributed by atoms with van der Waals surface area (Å²) >= 11 is 1.95. The van der Waals surface area contributed by atoms with Crippen LogP contribution in [0.15, 0.2) is 12.1 Å². The van der Waals surface area contributed by atoms with Crippen LogP contribution in [0.5, 0.6) is 0 Å². The third kappa shape index (κ3) is 2.17. The maximum Gasteiger partial charge on any atom is 0.0329 e. The summed E-state index contributed by atoms with van der Waals surface area (Å²) in [5.74, 6) is 0. The number of hydrogen-bond donors (Lipinski definition) is 0. The van der Waals surface area contributed by atoms with E-state index in [1.165, 1.54) is 55.3 Å². The minimum Gasteiger partial charge on any atom is -0.298 e. The monoisotopic (exact) mass is 236 g/mol. The van der Waals surface area contributed by atoms with Crippen molar-refractivity contribution in [2.75, 3.05) is 26.2 Å². The van der Waals surface area contributed by atoms with E-state index < -0.39 is 0 Å². The van der Waals surface area contributed by atoms with Crippen molar-refractivity contribution in [1.29, 1.82) is 0 Å². The summed E-state index contributed by atoms with van der Waals surface area (Å²) in [6, 6.07) is 5.39. The molecule has 0 bridgehead atoms. The largest absolute Gasteiger partial charge is 0.298 e. The zero-order valence-electron chi connectivity index (χ0n) is 9.98. The fraction of sp³-hybridized carbons (Fsp3) is 0.692. The van der Waals surface area contributed by atoms with Gasteiger partial charge in [-0.25, -0.2) is 0 Å².